The van der Waals surface area contributed by atoms with Gasteiger partial charge >= 0.3 is 0 Å². The zero-order valence-corrected chi connectivity index (χ0v) is 17.1. The first-order valence-electron chi connectivity index (χ1n) is 8.89. The van der Waals surface area contributed by atoms with E-state index in [4.69, 9.17) is 0 Å². The van der Waals surface area contributed by atoms with Crippen LogP contribution in [0.3, 0.4) is 0 Å². The number of nitrogens with one attached hydrogen (secondary N) is 1. The first-order chi connectivity index (χ1) is 12.7. The maximum absolute atomic E-state index is 12.3. The Morgan fingerprint density at radius 3 is 2.69 bits per heavy atom. The van der Waals surface area contributed by atoms with Gasteiger partial charge in [-0.2, -0.15) is 0 Å². The van der Waals surface area contributed by atoms with Gasteiger partial charge in [-0.05, 0) is 25.0 Å². The Bertz CT molecular complexity index is 753. The van der Waals surface area contributed by atoms with Gasteiger partial charge in [-0.1, -0.05) is 65.2 Å². The summed E-state index contributed by atoms with van der Waals surface area (Å²) in [6, 6.07) is 8.29. The van der Waals surface area contributed by atoms with Crippen molar-refractivity contribution in [3.05, 3.63) is 41.4 Å². The second-order valence-corrected chi connectivity index (χ2v) is 8.26. The molecule has 1 aliphatic rings. The number of carbonyl (C=O) groups excluding carboxylic acids is 1. The zero-order valence-electron chi connectivity index (χ0n) is 14.7. The summed E-state index contributed by atoms with van der Waals surface area (Å²) in [4.78, 5) is 12.3. The molecule has 1 N–H and O–H groups in total. The molecular weight excluding hydrogens is 412 g/mol. The van der Waals surface area contributed by atoms with E-state index in [-0.39, 0.29) is 5.91 Å². The molecule has 0 spiro atoms. The van der Waals surface area contributed by atoms with Gasteiger partial charge in [-0.25, -0.2) is 0 Å². The Labute approximate surface area is 166 Å². The molecule has 1 saturated carbocycles. The minimum absolute atomic E-state index is 0.0697. The number of rotatable bonds is 7. The zero-order chi connectivity index (χ0) is 18.4. The van der Waals surface area contributed by atoms with Gasteiger partial charge in [0.1, 0.15) is 0 Å². The van der Waals surface area contributed by atoms with Crippen molar-refractivity contribution in [2.45, 2.75) is 49.8 Å². The first kappa shape index (κ1) is 19.2. The number of nitrogens with zero attached hydrogens (tertiary/aromatic N) is 3. The van der Waals surface area contributed by atoms with E-state index in [1.54, 1.807) is 0 Å². The number of thioether (sulfide) groups is 1. The van der Waals surface area contributed by atoms with Gasteiger partial charge in [0.25, 0.3) is 0 Å². The molecule has 1 aromatic heterocycles. The SMILES string of the molecule is C=CCn1c(SCC(=O)NC2CCCCC2)nnc1-c1ccc(Br)cc1. The highest BCUT2D eigenvalue weighted by atomic mass is 79.9. The predicted octanol–water partition coefficient (Wildman–Crippen LogP) is 4.43. The summed E-state index contributed by atoms with van der Waals surface area (Å²) in [5.74, 6) is 1.21. The molecule has 0 aliphatic heterocycles. The monoisotopic (exact) mass is 434 g/mol. The lowest BCUT2D eigenvalue weighted by atomic mass is 9.95. The van der Waals surface area contributed by atoms with Crippen LogP contribution in [0.2, 0.25) is 0 Å². The Morgan fingerprint density at radius 2 is 2.00 bits per heavy atom. The Balaban J connectivity index is 1.66. The van der Waals surface area contributed by atoms with Crippen LogP contribution in [0.25, 0.3) is 11.4 Å². The molecular formula is C19H23BrN4OS. The highest BCUT2D eigenvalue weighted by Gasteiger charge is 2.18. The molecule has 0 atom stereocenters. The average Bonchev–Trinajstić information content (AvgIpc) is 3.05. The van der Waals surface area contributed by atoms with Crippen LogP contribution in [0.15, 0.2) is 46.5 Å². The van der Waals surface area contributed by atoms with Crippen LogP contribution in [0.4, 0.5) is 0 Å². The minimum atomic E-state index is 0.0697. The number of halogens is 1. The van der Waals surface area contributed by atoms with Crippen LogP contribution in [0.1, 0.15) is 32.1 Å². The number of carbonyl (C=O) groups is 1. The van der Waals surface area contributed by atoms with Crippen LogP contribution < -0.4 is 5.32 Å². The van der Waals surface area contributed by atoms with Crippen LogP contribution in [-0.4, -0.2) is 32.5 Å². The molecule has 0 unspecified atom stereocenters. The summed E-state index contributed by atoms with van der Waals surface area (Å²) in [6.07, 6.45) is 7.71. The van der Waals surface area contributed by atoms with Crippen LogP contribution in [0.5, 0.6) is 0 Å². The van der Waals surface area contributed by atoms with E-state index < -0.39 is 0 Å². The van der Waals surface area contributed by atoms with Gasteiger partial charge in [-0.15, -0.1) is 16.8 Å². The Hall–Kier alpha value is -1.60. The third-order valence-electron chi connectivity index (χ3n) is 4.43. The molecule has 0 saturated heterocycles. The van der Waals surface area contributed by atoms with E-state index in [1.807, 2.05) is 34.9 Å². The lowest BCUT2D eigenvalue weighted by molar-refractivity contribution is -0.119. The largest absolute Gasteiger partial charge is 0.353 e. The second kappa shape index (κ2) is 9.37. The molecule has 1 aliphatic carbocycles. The summed E-state index contributed by atoms with van der Waals surface area (Å²) in [5, 5.41) is 12.5. The molecule has 0 bridgehead atoms. The minimum Gasteiger partial charge on any atom is -0.353 e. The van der Waals surface area contributed by atoms with Crippen LogP contribution >= 0.6 is 27.7 Å². The fourth-order valence-electron chi connectivity index (χ4n) is 3.15. The van der Waals surface area contributed by atoms with E-state index in [2.05, 4.69) is 38.0 Å². The van der Waals surface area contributed by atoms with Gasteiger partial charge in [0.05, 0.1) is 5.75 Å². The first-order valence-corrected chi connectivity index (χ1v) is 10.7. The third kappa shape index (κ3) is 4.98. The molecule has 2 aromatic rings. The number of amides is 1. The molecule has 1 aromatic carbocycles. The summed E-state index contributed by atoms with van der Waals surface area (Å²) < 4.78 is 3.01. The van der Waals surface area contributed by atoms with Gasteiger partial charge in [0.15, 0.2) is 11.0 Å². The molecule has 1 fully saturated rings. The highest BCUT2D eigenvalue weighted by molar-refractivity contribution is 9.10. The van der Waals surface area contributed by atoms with Crippen molar-refractivity contribution < 1.29 is 4.79 Å². The standard InChI is InChI=1S/C19H23BrN4OS/c1-2-12-24-18(14-8-10-15(20)11-9-14)22-23-19(24)26-13-17(25)21-16-6-4-3-5-7-16/h2,8-11,16H,1,3-7,12-13H2,(H,21,25). The lowest BCUT2D eigenvalue weighted by Crippen LogP contribution is -2.37. The number of allylic oxidation sites excluding steroid dienone is 1. The van der Waals surface area contributed by atoms with Gasteiger partial charge in [-0.3, -0.25) is 9.36 Å². The van der Waals surface area contributed by atoms with E-state index in [0.717, 1.165) is 33.9 Å². The van der Waals surface area contributed by atoms with Crippen molar-refractivity contribution in [1.29, 1.82) is 0 Å². The van der Waals surface area contributed by atoms with Crippen molar-refractivity contribution in [2.75, 3.05) is 5.75 Å². The third-order valence-corrected chi connectivity index (χ3v) is 5.93. The smallest absolute Gasteiger partial charge is 0.230 e. The molecule has 0 radical (unpaired) electrons. The maximum atomic E-state index is 12.3. The Kier molecular flexibility index (Phi) is 6.91. The fraction of sp³-hybridized carbons (Fsp3) is 0.421. The summed E-state index contributed by atoms with van der Waals surface area (Å²) in [6.45, 7) is 4.43. The second-order valence-electron chi connectivity index (χ2n) is 6.40. The molecule has 1 amide bonds. The van der Waals surface area contributed by atoms with Crippen molar-refractivity contribution in [3.8, 4) is 11.4 Å². The quantitative estimate of drug-likeness (QED) is 0.516. The summed E-state index contributed by atoms with van der Waals surface area (Å²) in [5.41, 5.74) is 0.987. The molecule has 26 heavy (non-hydrogen) atoms. The maximum Gasteiger partial charge on any atom is 0.230 e. The number of aromatic nitrogens is 3. The molecule has 1 heterocycles. The van der Waals surface area contributed by atoms with E-state index in [0.29, 0.717) is 18.3 Å². The average molecular weight is 435 g/mol. The van der Waals surface area contributed by atoms with Gasteiger partial charge in [0, 0.05) is 22.6 Å². The molecule has 5 nitrogen and oxygen atoms in total. The normalized spacial score (nSPS) is 15.0. The number of hydrogen-bond donors (Lipinski definition) is 1. The lowest BCUT2D eigenvalue weighted by Gasteiger charge is -2.22. The molecule has 138 valence electrons. The van der Waals surface area contributed by atoms with Gasteiger partial charge in [0.2, 0.25) is 5.91 Å². The van der Waals surface area contributed by atoms with Crippen molar-refractivity contribution in [2.24, 2.45) is 0 Å². The fourth-order valence-corrected chi connectivity index (χ4v) is 4.17. The van der Waals surface area contributed by atoms with Crippen molar-refractivity contribution in [1.82, 2.24) is 20.1 Å². The molecule has 3 rings (SSSR count). The number of hydrogen-bond acceptors (Lipinski definition) is 4. The van der Waals surface area contributed by atoms with Crippen LogP contribution in [-0.2, 0) is 11.3 Å². The Morgan fingerprint density at radius 1 is 1.27 bits per heavy atom. The van der Waals surface area contributed by atoms with E-state index >= 15 is 0 Å². The van der Waals surface area contributed by atoms with E-state index in [9.17, 15) is 4.79 Å². The molecule has 7 heteroatoms. The number of benzene rings is 1. The van der Waals surface area contributed by atoms with E-state index in [1.165, 1.54) is 31.0 Å². The highest BCUT2D eigenvalue weighted by Crippen LogP contribution is 2.25. The summed E-state index contributed by atoms with van der Waals surface area (Å²) in [7, 11) is 0. The topological polar surface area (TPSA) is 59.8 Å². The van der Waals surface area contributed by atoms with Crippen LogP contribution in [0, 0.1) is 0 Å². The summed E-state index contributed by atoms with van der Waals surface area (Å²) >= 11 is 4.87. The van der Waals surface area contributed by atoms with Crippen molar-refractivity contribution >= 4 is 33.6 Å². The van der Waals surface area contributed by atoms with Crippen molar-refractivity contribution in [3.63, 3.8) is 0 Å². The van der Waals surface area contributed by atoms with Gasteiger partial charge < -0.3 is 5.32 Å². The predicted molar refractivity (Wildman–Crippen MR) is 109 cm³/mol.